The quantitative estimate of drug-likeness (QED) is 0.728. The molecule has 0 spiro atoms. The maximum atomic E-state index is 9.74. The number of hydrogen-bond donors (Lipinski definition) is 3. The first-order chi connectivity index (χ1) is 9.10. The van der Waals surface area contributed by atoms with E-state index in [1.165, 1.54) is 0 Å². The summed E-state index contributed by atoms with van der Waals surface area (Å²) in [6.07, 6.45) is 4.07. The van der Waals surface area contributed by atoms with Crippen LogP contribution in [-0.4, -0.2) is 17.3 Å². The van der Waals surface area contributed by atoms with Crippen LogP contribution in [0.1, 0.15) is 38.2 Å². The largest absolute Gasteiger partial charge is 0.396 e. The smallest absolute Gasteiger partial charge is 0.101 e. The van der Waals surface area contributed by atoms with Crippen molar-refractivity contribution in [2.75, 3.05) is 17.7 Å². The average molecular weight is 259 g/mol. The van der Waals surface area contributed by atoms with Crippen LogP contribution >= 0.6 is 0 Å². The van der Waals surface area contributed by atoms with Crippen molar-refractivity contribution < 1.29 is 5.11 Å². The van der Waals surface area contributed by atoms with E-state index < -0.39 is 0 Å². The van der Waals surface area contributed by atoms with Gasteiger partial charge in [0, 0.05) is 0 Å². The summed E-state index contributed by atoms with van der Waals surface area (Å²) >= 11 is 0. The molecular formula is C15H21N3O. The SMILES string of the molecule is CC1CCC(CO)(Nc2cccc(C#N)c2N)CC1. The molecule has 0 saturated heterocycles. The van der Waals surface area contributed by atoms with Crippen LogP contribution in [0.3, 0.4) is 0 Å². The molecule has 0 amide bonds. The number of nitrogens with zero attached hydrogens (tertiary/aromatic N) is 1. The topological polar surface area (TPSA) is 82.1 Å². The van der Waals surface area contributed by atoms with Crippen molar-refractivity contribution in [1.29, 1.82) is 5.26 Å². The molecule has 4 nitrogen and oxygen atoms in total. The van der Waals surface area contributed by atoms with Gasteiger partial charge in [0.1, 0.15) is 6.07 Å². The van der Waals surface area contributed by atoms with E-state index in [1.807, 2.05) is 12.1 Å². The fourth-order valence-electron chi connectivity index (χ4n) is 2.69. The molecule has 0 radical (unpaired) electrons. The number of para-hydroxylation sites is 1. The maximum Gasteiger partial charge on any atom is 0.101 e. The molecule has 2 rings (SSSR count). The molecule has 19 heavy (non-hydrogen) atoms. The summed E-state index contributed by atoms with van der Waals surface area (Å²) in [4.78, 5) is 0. The summed E-state index contributed by atoms with van der Waals surface area (Å²) in [6, 6.07) is 7.47. The standard InChI is InChI=1S/C15H21N3O/c1-11-5-7-15(10-19,8-6-11)18-13-4-2-3-12(9-16)14(13)17/h2-4,11,18-19H,5-8,10,17H2,1H3. The number of anilines is 2. The van der Waals surface area contributed by atoms with Crippen LogP contribution in [0.4, 0.5) is 11.4 Å². The molecule has 0 aliphatic heterocycles. The Hall–Kier alpha value is -1.73. The lowest BCUT2D eigenvalue weighted by molar-refractivity contribution is 0.155. The van der Waals surface area contributed by atoms with Crippen molar-refractivity contribution in [2.24, 2.45) is 5.92 Å². The van der Waals surface area contributed by atoms with Crippen molar-refractivity contribution in [3.63, 3.8) is 0 Å². The number of nitriles is 1. The maximum absolute atomic E-state index is 9.74. The van der Waals surface area contributed by atoms with E-state index in [2.05, 4.69) is 18.3 Å². The summed E-state index contributed by atoms with van der Waals surface area (Å²) in [7, 11) is 0. The fraction of sp³-hybridized carbons (Fsp3) is 0.533. The molecule has 0 bridgehead atoms. The zero-order valence-electron chi connectivity index (χ0n) is 11.3. The van der Waals surface area contributed by atoms with Crippen molar-refractivity contribution >= 4 is 11.4 Å². The lowest BCUT2D eigenvalue weighted by atomic mass is 9.77. The van der Waals surface area contributed by atoms with Crippen LogP contribution in [0.5, 0.6) is 0 Å². The monoisotopic (exact) mass is 259 g/mol. The normalized spacial score (nSPS) is 26.7. The molecule has 1 aliphatic rings. The van der Waals surface area contributed by atoms with Gasteiger partial charge in [0.2, 0.25) is 0 Å². The summed E-state index contributed by atoms with van der Waals surface area (Å²) in [5, 5.41) is 22.1. The first-order valence-corrected chi connectivity index (χ1v) is 6.78. The van der Waals surface area contributed by atoms with Crippen LogP contribution in [0, 0.1) is 17.2 Å². The van der Waals surface area contributed by atoms with Gasteiger partial charge in [-0.05, 0) is 43.7 Å². The van der Waals surface area contributed by atoms with Crippen molar-refractivity contribution in [2.45, 2.75) is 38.1 Å². The Morgan fingerprint density at radius 1 is 1.47 bits per heavy atom. The van der Waals surface area contributed by atoms with E-state index in [-0.39, 0.29) is 12.1 Å². The Labute approximate surface area is 114 Å². The van der Waals surface area contributed by atoms with Gasteiger partial charge in [-0.1, -0.05) is 13.0 Å². The average Bonchev–Trinajstić information content (AvgIpc) is 2.44. The number of hydrogen-bond acceptors (Lipinski definition) is 4. The molecule has 0 aromatic heterocycles. The van der Waals surface area contributed by atoms with Gasteiger partial charge in [0.05, 0.1) is 29.1 Å². The number of nitrogens with two attached hydrogens (primary N) is 1. The van der Waals surface area contributed by atoms with Gasteiger partial charge in [-0.3, -0.25) is 0 Å². The van der Waals surface area contributed by atoms with Gasteiger partial charge < -0.3 is 16.2 Å². The van der Waals surface area contributed by atoms with Gasteiger partial charge in [0.25, 0.3) is 0 Å². The van der Waals surface area contributed by atoms with E-state index >= 15 is 0 Å². The Bertz CT molecular complexity index is 485. The predicted octanol–water partition coefficient (Wildman–Crippen LogP) is 2.49. The number of benzene rings is 1. The third-order valence-electron chi connectivity index (χ3n) is 4.16. The molecule has 0 unspecified atom stereocenters. The van der Waals surface area contributed by atoms with E-state index in [0.717, 1.165) is 31.4 Å². The molecule has 0 atom stereocenters. The van der Waals surface area contributed by atoms with Gasteiger partial charge >= 0.3 is 0 Å². The van der Waals surface area contributed by atoms with Gasteiger partial charge in [-0.25, -0.2) is 0 Å². The summed E-state index contributed by atoms with van der Waals surface area (Å²) in [5.41, 5.74) is 7.38. The van der Waals surface area contributed by atoms with Crippen LogP contribution in [0.2, 0.25) is 0 Å². The van der Waals surface area contributed by atoms with Crippen LogP contribution in [0.15, 0.2) is 18.2 Å². The second kappa shape index (κ2) is 5.50. The molecule has 1 aromatic carbocycles. The summed E-state index contributed by atoms with van der Waals surface area (Å²) in [6.45, 7) is 2.34. The molecule has 4 heteroatoms. The lowest BCUT2D eigenvalue weighted by Crippen LogP contribution is -2.45. The third-order valence-corrected chi connectivity index (χ3v) is 4.16. The second-order valence-corrected chi connectivity index (χ2v) is 5.62. The minimum Gasteiger partial charge on any atom is -0.396 e. The minimum absolute atomic E-state index is 0.0932. The fourth-order valence-corrected chi connectivity index (χ4v) is 2.69. The van der Waals surface area contributed by atoms with Crippen LogP contribution in [0.25, 0.3) is 0 Å². The molecule has 1 aliphatic carbocycles. The van der Waals surface area contributed by atoms with E-state index in [0.29, 0.717) is 17.2 Å². The lowest BCUT2D eigenvalue weighted by Gasteiger charge is -2.39. The molecule has 1 fully saturated rings. The predicted molar refractivity (Wildman–Crippen MR) is 76.6 cm³/mol. The van der Waals surface area contributed by atoms with Crippen molar-refractivity contribution in [3.8, 4) is 6.07 Å². The van der Waals surface area contributed by atoms with Crippen molar-refractivity contribution in [3.05, 3.63) is 23.8 Å². The molecule has 4 N–H and O–H groups in total. The van der Waals surface area contributed by atoms with Crippen molar-refractivity contribution in [1.82, 2.24) is 0 Å². The highest BCUT2D eigenvalue weighted by molar-refractivity contribution is 5.73. The Balaban J connectivity index is 2.22. The minimum atomic E-state index is -0.297. The number of aliphatic hydroxyl groups is 1. The highest BCUT2D eigenvalue weighted by Crippen LogP contribution is 2.36. The van der Waals surface area contributed by atoms with E-state index in [4.69, 9.17) is 11.0 Å². The Morgan fingerprint density at radius 2 is 2.16 bits per heavy atom. The third kappa shape index (κ3) is 2.82. The molecule has 1 aromatic rings. The number of aliphatic hydroxyl groups excluding tert-OH is 1. The zero-order chi connectivity index (χ0) is 13.9. The van der Waals surface area contributed by atoms with E-state index in [9.17, 15) is 5.11 Å². The van der Waals surface area contributed by atoms with Gasteiger partial charge in [-0.15, -0.1) is 0 Å². The van der Waals surface area contributed by atoms with Gasteiger partial charge in [-0.2, -0.15) is 5.26 Å². The second-order valence-electron chi connectivity index (χ2n) is 5.62. The number of rotatable bonds is 3. The summed E-state index contributed by atoms with van der Waals surface area (Å²) in [5.74, 6) is 0.712. The highest BCUT2D eigenvalue weighted by atomic mass is 16.3. The first-order valence-electron chi connectivity index (χ1n) is 6.78. The van der Waals surface area contributed by atoms with Gasteiger partial charge in [0.15, 0.2) is 0 Å². The highest BCUT2D eigenvalue weighted by Gasteiger charge is 2.33. The van der Waals surface area contributed by atoms with Crippen LogP contribution < -0.4 is 11.1 Å². The molecular weight excluding hydrogens is 238 g/mol. The number of nitrogens with one attached hydrogen (secondary N) is 1. The molecule has 1 saturated carbocycles. The Morgan fingerprint density at radius 3 is 2.74 bits per heavy atom. The zero-order valence-corrected chi connectivity index (χ0v) is 11.3. The van der Waals surface area contributed by atoms with E-state index in [1.54, 1.807) is 6.07 Å². The van der Waals surface area contributed by atoms with Crippen LogP contribution in [-0.2, 0) is 0 Å². The molecule has 0 heterocycles. The summed E-state index contributed by atoms with van der Waals surface area (Å²) < 4.78 is 0. The molecule has 102 valence electrons. The number of nitrogen functional groups attached to an aromatic ring is 1. The first kappa shape index (κ1) is 13.7. The Kier molecular flexibility index (Phi) is 3.96.